The van der Waals surface area contributed by atoms with Gasteiger partial charge in [-0.1, -0.05) is 36.4 Å². The minimum Gasteiger partial charge on any atom is -0.461 e. The molecule has 6 rings (SSSR count). The number of para-hydroxylation sites is 2. The Labute approximate surface area is 223 Å². The van der Waals surface area contributed by atoms with Gasteiger partial charge >= 0.3 is 5.97 Å². The fourth-order valence-electron chi connectivity index (χ4n) is 5.52. The lowest BCUT2D eigenvalue weighted by atomic mass is 9.90. The van der Waals surface area contributed by atoms with E-state index < -0.39 is 0 Å². The lowest BCUT2D eigenvalue weighted by molar-refractivity contribution is -0.142. The highest BCUT2D eigenvalue weighted by atomic mass is 16.5. The molecule has 0 radical (unpaired) electrons. The monoisotopic (exact) mass is 509 g/mol. The van der Waals surface area contributed by atoms with Crippen molar-refractivity contribution >= 4 is 17.0 Å². The molecule has 2 aromatic carbocycles. The predicted molar refractivity (Wildman–Crippen MR) is 147 cm³/mol. The standard InChI is InChI=1S/C31H35N5O2/c1-21(37)38-20-22-11-12-24(25(16-22)17-33-26-13-14-26)18-36(19-30-34-27-8-2-3-9-28(27)35-30)29-10-4-6-23-7-5-15-32-31(23)29/h2-3,5,7-9,11-12,15-16,26,29,33H,4,6,10,13-14,17-20H2,1H3,(H,34,35). The molecule has 0 amide bonds. The summed E-state index contributed by atoms with van der Waals surface area (Å²) in [6.45, 7) is 4.06. The van der Waals surface area contributed by atoms with E-state index in [9.17, 15) is 4.79 Å². The van der Waals surface area contributed by atoms with Crippen molar-refractivity contribution in [3.05, 3.63) is 94.6 Å². The number of hydrogen-bond acceptors (Lipinski definition) is 6. The molecule has 0 aliphatic heterocycles. The molecule has 0 saturated heterocycles. The summed E-state index contributed by atoms with van der Waals surface area (Å²) in [5.74, 6) is 0.714. The molecule has 2 aliphatic carbocycles. The summed E-state index contributed by atoms with van der Waals surface area (Å²) < 4.78 is 5.29. The number of aryl methyl sites for hydroxylation is 1. The van der Waals surface area contributed by atoms with E-state index in [1.54, 1.807) is 0 Å². The van der Waals surface area contributed by atoms with Crippen molar-refractivity contribution in [1.82, 2.24) is 25.2 Å². The molecule has 4 aromatic rings. The van der Waals surface area contributed by atoms with Gasteiger partial charge in [0.05, 0.1) is 29.3 Å². The summed E-state index contributed by atoms with van der Waals surface area (Å²) in [5.41, 5.74) is 8.16. The first-order chi connectivity index (χ1) is 18.6. The van der Waals surface area contributed by atoms with E-state index in [0.29, 0.717) is 19.2 Å². The van der Waals surface area contributed by atoms with E-state index in [1.807, 2.05) is 24.4 Å². The molecule has 0 spiro atoms. The molecule has 2 N–H and O–H groups in total. The van der Waals surface area contributed by atoms with E-state index >= 15 is 0 Å². The zero-order chi connectivity index (χ0) is 25.9. The lowest BCUT2D eigenvalue weighted by Crippen LogP contribution is -2.32. The van der Waals surface area contributed by atoms with Gasteiger partial charge in [-0.2, -0.15) is 0 Å². The molecular weight excluding hydrogens is 474 g/mol. The van der Waals surface area contributed by atoms with Crippen molar-refractivity contribution in [2.75, 3.05) is 0 Å². The second-order valence-electron chi connectivity index (χ2n) is 10.6. The van der Waals surface area contributed by atoms with Gasteiger partial charge in [-0.3, -0.25) is 14.7 Å². The highest BCUT2D eigenvalue weighted by Crippen LogP contribution is 2.35. The van der Waals surface area contributed by atoms with Crippen molar-refractivity contribution in [3.63, 3.8) is 0 Å². The number of rotatable bonds is 10. The number of nitrogens with zero attached hydrogens (tertiary/aromatic N) is 3. The van der Waals surface area contributed by atoms with E-state index in [1.165, 1.54) is 42.1 Å². The van der Waals surface area contributed by atoms with Crippen LogP contribution in [-0.4, -0.2) is 31.9 Å². The third kappa shape index (κ3) is 5.79. The molecule has 7 heteroatoms. The summed E-state index contributed by atoms with van der Waals surface area (Å²) in [4.78, 5) is 27.2. The maximum Gasteiger partial charge on any atom is 0.302 e. The summed E-state index contributed by atoms with van der Waals surface area (Å²) in [6.07, 6.45) is 7.71. The number of aromatic nitrogens is 3. The Balaban J connectivity index is 1.33. The van der Waals surface area contributed by atoms with Crippen LogP contribution in [0.15, 0.2) is 60.8 Å². The summed E-state index contributed by atoms with van der Waals surface area (Å²) in [7, 11) is 0. The van der Waals surface area contributed by atoms with Crippen LogP contribution in [-0.2, 0) is 42.2 Å². The zero-order valence-electron chi connectivity index (χ0n) is 22.0. The number of carbonyl (C=O) groups is 1. The quantitative estimate of drug-likeness (QED) is 0.280. The average Bonchev–Trinajstić information content (AvgIpc) is 3.68. The number of ether oxygens (including phenoxy) is 1. The van der Waals surface area contributed by atoms with E-state index in [-0.39, 0.29) is 12.0 Å². The number of aromatic amines is 1. The fraction of sp³-hybridized carbons (Fsp3) is 0.387. The maximum atomic E-state index is 11.4. The normalized spacial score (nSPS) is 17.1. The smallest absolute Gasteiger partial charge is 0.302 e. The van der Waals surface area contributed by atoms with E-state index in [2.05, 4.69) is 51.6 Å². The molecule has 38 heavy (non-hydrogen) atoms. The van der Waals surface area contributed by atoms with Crippen LogP contribution < -0.4 is 5.32 Å². The Morgan fingerprint density at radius 2 is 1.97 bits per heavy atom. The minimum absolute atomic E-state index is 0.220. The van der Waals surface area contributed by atoms with Crippen LogP contribution in [0.1, 0.15) is 72.4 Å². The molecular formula is C31H35N5O2. The summed E-state index contributed by atoms with van der Waals surface area (Å²) >= 11 is 0. The van der Waals surface area contributed by atoms with Crippen LogP contribution in [0.2, 0.25) is 0 Å². The first-order valence-corrected chi connectivity index (χ1v) is 13.7. The Kier molecular flexibility index (Phi) is 7.20. The fourth-order valence-corrected chi connectivity index (χ4v) is 5.52. The first kappa shape index (κ1) is 24.8. The predicted octanol–water partition coefficient (Wildman–Crippen LogP) is 5.35. The van der Waals surface area contributed by atoms with Gasteiger partial charge in [0.1, 0.15) is 12.4 Å². The van der Waals surface area contributed by atoms with Crippen LogP contribution in [0.4, 0.5) is 0 Å². The molecule has 1 saturated carbocycles. The molecule has 1 unspecified atom stereocenters. The molecule has 2 aliphatic rings. The van der Waals surface area contributed by atoms with Crippen LogP contribution >= 0.6 is 0 Å². The molecule has 196 valence electrons. The topological polar surface area (TPSA) is 83.1 Å². The zero-order valence-corrected chi connectivity index (χ0v) is 22.0. The van der Waals surface area contributed by atoms with Crippen LogP contribution in [0, 0.1) is 0 Å². The average molecular weight is 510 g/mol. The van der Waals surface area contributed by atoms with Crippen LogP contribution in [0.3, 0.4) is 0 Å². The number of esters is 1. The van der Waals surface area contributed by atoms with E-state index in [4.69, 9.17) is 14.7 Å². The van der Waals surface area contributed by atoms with E-state index in [0.717, 1.165) is 54.8 Å². The van der Waals surface area contributed by atoms with Crippen LogP contribution in [0.5, 0.6) is 0 Å². The number of hydrogen-bond donors (Lipinski definition) is 2. The van der Waals surface area contributed by atoms with Crippen molar-refractivity contribution in [2.24, 2.45) is 0 Å². The molecule has 7 nitrogen and oxygen atoms in total. The van der Waals surface area contributed by atoms with Gasteiger partial charge in [0.25, 0.3) is 0 Å². The molecule has 1 fully saturated rings. The molecule has 2 heterocycles. The van der Waals surface area contributed by atoms with Crippen molar-refractivity contribution in [2.45, 2.75) is 77.4 Å². The Bertz CT molecular complexity index is 1390. The highest BCUT2D eigenvalue weighted by molar-refractivity contribution is 5.74. The highest BCUT2D eigenvalue weighted by Gasteiger charge is 2.29. The number of nitrogens with one attached hydrogen (secondary N) is 2. The van der Waals surface area contributed by atoms with Gasteiger partial charge in [-0.05, 0) is 72.6 Å². The van der Waals surface area contributed by atoms with Gasteiger partial charge in [-0.25, -0.2) is 4.98 Å². The van der Waals surface area contributed by atoms with Gasteiger partial charge in [0.15, 0.2) is 0 Å². The second-order valence-corrected chi connectivity index (χ2v) is 10.6. The number of fused-ring (bicyclic) bond motifs is 2. The number of imidazole rings is 1. The first-order valence-electron chi connectivity index (χ1n) is 13.7. The minimum atomic E-state index is -0.257. The second kappa shape index (κ2) is 11.1. The third-order valence-electron chi connectivity index (χ3n) is 7.64. The Morgan fingerprint density at radius 3 is 2.82 bits per heavy atom. The maximum absolute atomic E-state index is 11.4. The number of carbonyl (C=O) groups excluding carboxylic acids is 1. The Hall–Kier alpha value is -3.55. The SMILES string of the molecule is CC(=O)OCc1ccc(CN(Cc2nc3ccccc3[nH]2)C2CCCc3cccnc32)c(CNC2CC2)c1. The Morgan fingerprint density at radius 1 is 1.08 bits per heavy atom. The largest absolute Gasteiger partial charge is 0.461 e. The van der Waals surface area contributed by atoms with Crippen LogP contribution in [0.25, 0.3) is 11.0 Å². The number of benzene rings is 2. The van der Waals surface area contributed by atoms with Gasteiger partial charge in [0.2, 0.25) is 0 Å². The van der Waals surface area contributed by atoms with Crippen molar-refractivity contribution in [1.29, 1.82) is 0 Å². The molecule has 1 atom stereocenters. The van der Waals surface area contributed by atoms with Crippen molar-refractivity contribution < 1.29 is 9.53 Å². The summed E-state index contributed by atoms with van der Waals surface area (Å²) in [6, 6.07) is 19.8. The summed E-state index contributed by atoms with van der Waals surface area (Å²) in [5, 5.41) is 3.68. The third-order valence-corrected chi connectivity index (χ3v) is 7.64. The van der Waals surface area contributed by atoms with Gasteiger partial charge in [0, 0.05) is 32.3 Å². The van der Waals surface area contributed by atoms with Crippen molar-refractivity contribution in [3.8, 4) is 0 Å². The van der Waals surface area contributed by atoms with Gasteiger partial charge < -0.3 is 15.0 Å². The van der Waals surface area contributed by atoms with Gasteiger partial charge in [-0.15, -0.1) is 0 Å². The molecule has 2 aromatic heterocycles. The number of H-pyrrole nitrogens is 1. The molecule has 0 bridgehead atoms. The number of pyridine rings is 1. The lowest BCUT2D eigenvalue weighted by Gasteiger charge is -2.35.